The minimum Gasteiger partial charge on any atom is -0.493 e. The van der Waals surface area contributed by atoms with E-state index < -0.39 is 0 Å². The monoisotopic (exact) mass is 286 g/mol. The predicted octanol–water partition coefficient (Wildman–Crippen LogP) is 3.17. The molecule has 0 saturated carbocycles. The molecule has 0 fully saturated rings. The van der Waals surface area contributed by atoms with Gasteiger partial charge in [0, 0.05) is 25.5 Å². The summed E-state index contributed by atoms with van der Waals surface area (Å²) in [5.74, 6) is 1.58. The lowest BCUT2D eigenvalue weighted by Gasteiger charge is -2.12. The molecule has 2 rings (SSSR count). The Bertz CT molecular complexity index is 544. The quantitative estimate of drug-likeness (QED) is 0.809. The molecule has 4 nitrogen and oxygen atoms in total. The first-order chi connectivity index (χ1) is 10.3. The number of methoxy groups -OCH3 is 1. The second-order valence-electron chi connectivity index (χ2n) is 4.80. The molecule has 0 bridgehead atoms. The van der Waals surface area contributed by atoms with Crippen LogP contribution in [-0.4, -0.2) is 18.7 Å². The molecule has 0 spiro atoms. The van der Waals surface area contributed by atoms with Gasteiger partial charge in [-0.05, 0) is 35.7 Å². The van der Waals surface area contributed by atoms with Gasteiger partial charge in [-0.2, -0.15) is 0 Å². The molecule has 112 valence electrons. The molecular formula is C17H22N2O2. The fourth-order valence-corrected chi connectivity index (χ4v) is 2.01. The highest BCUT2D eigenvalue weighted by atomic mass is 16.5. The van der Waals surface area contributed by atoms with E-state index >= 15 is 0 Å². The van der Waals surface area contributed by atoms with Gasteiger partial charge < -0.3 is 14.8 Å². The van der Waals surface area contributed by atoms with Crippen molar-refractivity contribution < 1.29 is 9.47 Å². The maximum Gasteiger partial charge on any atom is 0.161 e. The smallest absolute Gasteiger partial charge is 0.161 e. The Morgan fingerprint density at radius 3 is 2.67 bits per heavy atom. The fraction of sp³-hybridized carbons (Fsp3) is 0.353. The minimum atomic E-state index is 0.703. The second kappa shape index (κ2) is 8.27. The highest BCUT2D eigenvalue weighted by Gasteiger charge is 2.05. The SMILES string of the molecule is CCCOc1ccc(CNCc2cccnc2)cc1OC. The summed E-state index contributed by atoms with van der Waals surface area (Å²) in [5.41, 5.74) is 2.34. The van der Waals surface area contributed by atoms with Crippen LogP contribution in [0.25, 0.3) is 0 Å². The summed E-state index contributed by atoms with van der Waals surface area (Å²) in [6, 6.07) is 10.0. The van der Waals surface area contributed by atoms with Crippen LogP contribution in [0.2, 0.25) is 0 Å². The summed E-state index contributed by atoms with van der Waals surface area (Å²) in [5, 5.41) is 3.40. The summed E-state index contributed by atoms with van der Waals surface area (Å²) < 4.78 is 11.0. The number of pyridine rings is 1. The van der Waals surface area contributed by atoms with Crippen molar-refractivity contribution in [3.63, 3.8) is 0 Å². The number of hydrogen-bond donors (Lipinski definition) is 1. The second-order valence-corrected chi connectivity index (χ2v) is 4.80. The third-order valence-electron chi connectivity index (χ3n) is 3.07. The van der Waals surface area contributed by atoms with Crippen LogP contribution in [0.1, 0.15) is 24.5 Å². The first-order valence-corrected chi connectivity index (χ1v) is 7.22. The Labute approximate surface area is 126 Å². The summed E-state index contributed by atoms with van der Waals surface area (Å²) in [6.45, 7) is 4.36. The molecule has 2 aromatic rings. The largest absolute Gasteiger partial charge is 0.493 e. The summed E-state index contributed by atoms with van der Waals surface area (Å²) in [4.78, 5) is 4.10. The van der Waals surface area contributed by atoms with Gasteiger partial charge in [0.2, 0.25) is 0 Å². The highest BCUT2D eigenvalue weighted by molar-refractivity contribution is 5.42. The molecule has 0 aliphatic carbocycles. The number of hydrogen-bond acceptors (Lipinski definition) is 4. The molecular weight excluding hydrogens is 264 g/mol. The van der Waals surface area contributed by atoms with Gasteiger partial charge in [-0.25, -0.2) is 0 Å². The van der Waals surface area contributed by atoms with Crippen molar-refractivity contribution in [2.45, 2.75) is 26.4 Å². The van der Waals surface area contributed by atoms with Crippen molar-refractivity contribution in [1.29, 1.82) is 0 Å². The summed E-state index contributed by atoms with van der Waals surface area (Å²) in [6.07, 6.45) is 4.64. The van der Waals surface area contributed by atoms with E-state index in [0.29, 0.717) is 6.61 Å². The van der Waals surface area contributed by atoms with E-state index in [0.717, 1.165) is 31.0 Å². The number of rotatable bonds is 8. The predicted molar refractivity (Wildman–Crippen MR) is 83.6 cm³/mol. The average molecular weight is 286 g/mol. The van der Waals surface area contributed by atoms with Crippen LogP contribution in [0.3, 0.4) is 0 Å². The number of benzene rings is 1. The number of nitrogens with zero attached hydrogens (tertiary/aromatic N) is 1. The van der Waals surface area contributed by atoms with Crippen molar-refractivity contribution in [2.75, 3.05) is 13.7 Å². The van der Waals surface area contributed by atoms with Gasteiger partial charge in [0.1, 0.15) is 0 Å². The van der Waals surface area contributed by atoms with Crippen molar-refractivity contribution in [3.05, 3.63) is 53.9 Å². The third kappa shape index (κ3) is 4.76. The van der Waals surface area contributed by atoms with Gasteiger partial charge in [0.25, 0.3) is 0 Å². The van der Waals surface area contributed by atoms with Crippen LogP contribution in [0, 0.1) is 0 Å². The Balaban J connectivity index is 1.91. The Morgan fingerprint density at radius 2 is 1.95 bits per heavy atom. The molecule has 1 aromatic carbocycles. The van der Waals surface area contributed by atoms with E-state index in [-0.39, 0.29) is 0 Å². The van der Waals surface area contributed by atoms with Crippen molar-refractivity contribution in [1.82, 2.24) is 10.3 Å². The summed E-state index contributed by atoms with van der Waals surface area (Å²) in [7, 11) is 1.67. The first kappa shape index (κ1) is 15.3. The number of nitrogens with one attached hydrogen (secondary N) is 1. The molecule has 4 heteroatoms. The van der Waals surface area contributed by atoms with Crippen LogP contribution >= 0.6 is 0 Å². The van der Waals surface area contributed by atoms with E-state index in [1.165, 1.54) is 11.1 Å². The van der Waals surface area contributed by atoms with Gasteiger partial charge in [-0.1, -0.05) is 19.1 Å². The third-order valence-corrected chi connectivity index (χ3v) is 3.07. The van der Waals surface area contributed by atoms with Crippen LogP contribution in [0.15, 0.2) is 42.7 Å². The zero-order valence-corrected chi connectivity index (χ0v) is 12.6. The molecule has 0 radical (unpaired) electrons. The number of aromatic nitrogens is 1. The Hall–Kier alpha value is -2.07. The summed E-state index contributed by atoms with van der Waals surface area (Å²) >= 11 is 0. The minimum absolute atomic E-state index is 0.703. The number of ether oxygens (including phenoxy) is 2. The van der Waals surface area contributed by atoms with Gasteiger partial charge in [-0.15, -0.1) is 0 Å². The van der Waals surface area contributed by atoms with Gasteiger partial charge >= 0.3 is 0 Å². The van der Waals surface area contributed by atoms with Gasteiger partial charge in [-0.3, -0.25) is 4.98 Å². The Kier molecular flexibility index (Phi) is 6.03. The Morgan fingerprint density at radius 1 is 1.10 bits per heavy atom. The zero-order chi connectivity index (χ0) is 14.9. The fourth-order valence-electron chi connectivity index (χ4n) is 2.01. The van der Waals surface area contributed by atoms with Gasteiger partial charge in [0.05, 0.1) is 13.7 Å². The van der Waals surface area contributed by atoms with E-state index in [4.69, 9.17) is 9.47 Å². The molecule has 0 unspecified atom stereocenters. The molecule has 0 amide bonds. The van der Waals surface area contributed by atoms with Crippen LogP contribution in [0.5, 0.6) is 11.5 Å². The topological polar surface area (TPSA) is 43.4 Å². The van der Waals surface area contributed by atoms with E-state index in [1.807, 2.05) is 24.4 Å². The molecule has 1 heterocycles. The lowest BCUT2D eigenvalue weighted by molar-refractivity contribution is 0.294. The zero-order valence-electron chi connectivity index (χ0n) is 12.6. The molecule has 21 heavy (non-hydrogen) atoms. The first-order valence-electron chi connectivity index (χ1n) is 7.22. The van der Waals surface area contributed by atoms with Crippen molar-refractivity contribution in [2.24, 2.45) is 0 Å². The van der Waals surface area contributed by atoms with Gasteiger partial charge in [0.15, 0.2) is 11.5 Å². The molecule has 1 aromatic heterocycles. The van der Waals surface area contributed by atoms with Crippen LogP contribution in [-0.2, 0) is 13.1 Å². The highest BCUT2D eigenvalue weighted by Crippen LogP contribution is 2.28. The maximum absolute atomic E-state index is 5.65. The lowest BCUT2D eigenvalue weighted by Crippen LogP contribution is -2.12. The lowest BCUT2D eigenvalue weighted by atomic mass is 10.2. The van der Waals surface area contributed by atoms with Crippen LogP contribution in [0.4, 0.5) is 0 Å². The molecule has 0 aliphatic rings. The van der Waals surface area contributed by atoms with E-state index in [1.54, 1.807) is 13.3 Å². The normalized spacial score (nSPS) is 10.4. The molecule has 1 N–H and O–H groups in total. The maximum atomic E-state index is 5.65. The molecule has 0 aliphatic heterocycles. The van der Waals surface area contributed by atoms with Crippen LogP contribution < -0.4 is 14.8 Å². The molecule has 0 atom stereocenters. The van der Waals surface area contributed by atoms with E-state index in [9.17, 15) is 0 Å². The standard InChI is InChI=1S/C17H22N2O2/c1-3-9-21-16-7-6-14(10-17(16)20-2)11-19-13-15-5-4-8-18-12-15/h4-8,10,12,19H,3,9,11,13H2,1-2H3. The van der Waals surface area contributed by atoms with E-state index in [2.05, 4.69) is 29.4 Å². The van der Waals surface area contributed by atoms with Crippen molar-refractivity contribution in [3.8, 4) is 11.5 Å². The van der Waals surface area contributed by atoms with Crippen molar-refractivity contribution >= 4 is 0 Å². The molecule has 0 saturated heterocycles. The average Bonchev–Trinajstić information content (AvgIpc) is 2.54.